The number of oxazole rings is 1. The number of alkyl halides is 2. The van der Waals surface area contributed by atoms with Crippen LogP contribution in [0.1, 0.15) is 18.3 Å². The summed E-state index contributed by atoms with van der Waals surface area (Å²) in [7, 11) is 1.79. The van der Waals surface area contributed by atoms with Gasteiger partial charge in [0, 0.05) is 23.0 Å². The van der Waals surface area contributed by atoms with Crippen LogP contribution in [0.15, 0.2) is 47.3 Å². The van der Waals surface area contributed by atoms with Gasteiger partial charge < -0.3 is 4.42 Å². The lowest BCUT2D eigenvalue weighted by Crippen LogP contribution is -2.20. The lowest BCUT2D eigenvalue weighted by molar-refractivity contribution is 0.0642. The Balaban J connectivity index is 1.66. The fourth-order valence-corrected chi connectivity index (χ4v) is 2.43. The van der Waals surface area contributed by atoms with Gasteiger partial charge in [-0.15, -0.1) is 0 Å². The highest BCUT2D eigenvalue weighted by Gasteiger charge is 2.15. The van der Waals surface area contributed by atoms with Gasteiger partial charge in [0.2, 0.25) is 5.89 Å². The van der Waals surface area contributed by atoms with Crippen LogP contribution in [-0.2, 0) is 13.1 Å². The van der Waals surface area contributed by atoms with E-state index in [-0.39, 0.29) is 12.4 Å². The molecule has 2 heterocycles. The first-order chi connectivity index (χ1) is 11.5. The van der Waals surface area contributed by atoms with E-state index in [1.165, 1.54) is 12.4 Å². The number of nitrogens with zero attached hydrogens (tertiary/aromatic N) is 4. The second-order valence-electron chi connectivity index (χ2n) is 5.33. The summed E-state index contributed by atoms with van der Waals surface area (Å²) in [5.74, 6) is 1.42. The van der Waals surface area contributed by atoms with Gasteiger partial charge in [0.25, 0.3) is 0 Å². The van der Waals surface area contributed by atoms with Crippen molar-refractivity contribution in [2.24, 2.45) is 0 Å². The van der Waals surface area contributed by atoms with Gasteiger partial charge in [-0.1, -0.05) is 11.6 Å². The van der Waals surface area contributed by atoms with Crippen LogP contribution in [0, 0.1) is 0 Å². The molecule has 0 bridgehead atoms. The maximum Gasteiger partial charge on any atom is 0.319 e. The van der Waals surface area contributed by atoms with E-state index in [4.69, 9.17) is 16.0 Å². The van der Waals surface area contributed by atoms with Crippen LogP contribution in [0.3, 0.4) is 0 Å². The summed E-state index contributed by atoms with van der Waals surface area (Å²) in [5.41, 5.74) is 0.869. The zero-order chi connectivity index (χ0) is 17.1. The lowest BCUT2D eigenvalue weighted by atomic mass is 10.2. The highest BCUT2D eigenvalue weighted by atomic mass is 35.5. The smallest absolute Gasteiger partial charge is 0.319 e. The summed E-state index contributed by atoms with van der Waals surface area (Å²) in [5, 5.41) is 0.646. The van der Waals surface area contributed by atoms with Gasteiger partial charge in [-0.05, 0) is 31.3 Å². The predicted molar refractivity (Wildman–Crippen MR) is 85.6 cm³/mol. The minimum absolute atomic E-state index is 0.260. The third-order valence-corrected chi connectivity index (χ3v) is 3.71. The van der Waals surface area contributed by atoms with Crippen molar-refractivity contribution in [3.8, 4) is 11.3 Å². The molecular weight excluding hydrogens is 338 g/mol. The van der Waals surface area contributed by atoms with Crippen LogP contribution in [0.2, 0.25) is 5.02 Å². The Bertz CT molecular complexity index is 801. The summed E-state index contributed by atoms with van der Waals surface area (Å²) in [6.07, 6.45) is 4.25. The molecule has 8 heteroatoms. The van der Waals surface area contributed by atoms with E-state index in [0.29, 0.717) is 23.2 Å². The Morgan fingerprint density at radius 2 is 1.96 bits per heavy atom. The highest BCUT2D eigenvalue weighted by molar-refractivity contribution is 6.30. The topological polar surface area (TPSA) is 47.1 Å². The molecular formula is C16H15ClF2N4O. The molecule has 24 heavy (non-hydrogen) atoms. The van der Waals surface area contributed by atoms with Gasteiger partial charge in [-0.25, -0.2) is 9.97 Å². The molecule has 0 atom stereocenters. The maximum atomic E-state index is 12.8. The Kier molecular flexibility index (Phi) is 4.92. The molecule has 0 spiro atoms. The second kappa shape index (κ2) is 7.11. The number of imidazole rings is 1. The Morgan fingerprint density at radius 3 is 2.67 bits per heavy atom. The average Bonchev–Trinajstić information content (AvgIpc) is 3.17. The van der Waals surface area contributed by atoms with Crippen LogP contribution in [-0.4, -0.2) is 26.5 Å². The van der Waals surface area contributed by atoms with Crippen LogP contribution >= 0.6 is 11.6 Å². The number of benzene rings is 1. The Hall–Kier alpha value is -2.25. The zero-order valence-corrected chi connectivity index (χ0v) is 13.6. The molecule has 0 saturated carbocycles. The fourth-order valence-electron chi connectivity index (χ4n) is 2.30. The first-order valence-corrected chi connectivity index (χ1v) is 7.60. The van der Waals surface area contributed by atoms with E-state index in [9.17, 15) is 8.78 Å². The van der Waals surface area contributed by atoms with Crippen molar-refractivity contribution >= 4 is 11.6 Å². The molecule has 3 aromatic rings. The minimum atomic E-state index is -2.60. The molecule has 0 aliphatic carbocycles. The first-order valence-electron chi connectivity index (χ1n) is 7.22. The van der Waals surface area contributed by atoms with Gasteiger partial charge in [0.05, 0.1) is 19.3 Å². The van der Waals surface area contributed by atoms with Crippen molar-refractivity contribution in [3.05, 3.63) is 59.6 Å². The number of hydrogen-bond donors (Lipinski definition) is 0. The molecule has 1 aromatic carbocycles. The highest BCUT2D eigenvalue weighted by Crippen LogP contribution is 2.23. The van der Waals surface area contributed by atoms with Gasteiger partial charge in [-0.3, -0.25) is 9.47 Å². The minimum Gasteiger partial charge on any atom is -0.439 e. The fraction of sp³-hybridized carbons (Fsp3) is 0.250. The third-order valence-electron chi connectivity index (χ3n) is 3.46. The van der Waals surface area contributed by atoms with Crippen LogP contribution in [0.4, 0.5) is 8.78 Å². The van der Waals surface area contributed by atoms with Gasteiger partial charge >= 0.3 is 6.55 Å². The van der Waals surface area contributed by atoms with Crippen molar-refractivity contribution in [2.45, 2.75) is 19.6 Å². The Morgan fingerprint density at radius 1 is 1.21 bits per heavy atom. The predicted octanol–water partition coefficient (Wildman–Crippen LogP) is 4.22. The van der Waals surface area contributed by atoms with Crippen molar-refractivity contribution in [1.82, 2.24) is 19.4 Å². The largest absolute Gasteiger partial charge is 0.439 e. The van der Waals surface area contributed by atoms with E-state index in [0.717, 1.165) is 10.1 Å². The van der Waals surface area contributed by atoms with Crippen LogP contribution in [0.25, 0.3) is 11.3 Å². The van der Waals surface area contributed by atoms with E-state index in [1.54, 1.807) is 30.3 Å². The van der Waals surface area contributed by atoms with E-state index in [2.05, 4.69) is 9.97 Å². The monoisotopic (exact) mass is 352 g/mol. The SMILES string of the molecule is CN(Cc1ncc(-c2ccc(Cl)cc2)o1)Cc1nccn1C(F)F. The molecule has 0 aliphatic rings. The molecule has 3 rings (SSSR count). The van der Waals surface area contributed by atoms with E-state index < -0.39 is 6.55 Å². The zero-order valence-electron chi connectivity index (χ0n) is 12.9. The van der Waals surface area contributed by atoms with Crippen molar-refractivity contribution in [1.29, 1.82) is 0 Å². The lowest BCUT2D eigenvalue weighted by Gasteiger charge is -2.15. The molecule has 0 saturated heterocycles. The van der Waals surface area contributed by atoms with Crippen LogP contribution < -0.4 is 0 Å². The summed E-state index contributed by atoms with van der Waals surface area (Å²) in [4.78, 5) is 9.99. The van der Waals surface area contributed by atoms with E-state index in [1.807, 2.05) is 12.1 Å². The molecule has 0 fully saturated rings. The van der Waals surface area contributed by atoms with E-state index >= 15 is 0 Å². The number of halogens is 3. The van der Waals surface area contributed by atoms with Gasteiger partial charge in [0.1, 0.15) is 5.82 Å². The van der Waals surface area contributed by atoms with Gasteiger partial charge in [0.15, 0.2) is 5.76 Å². The summed E-state index contributed by atoms with van der Waals surface area (Å²) < 4.78 is 32.2. The molecule has 0 aliphatic heterocycles. The van der Waals surface area contributed by atoms with Gasteiger partial charge in [-0.2, -0.15) is 8.78 Å². The molecule has 0 N–H and O–H groups in total. The van der Waals surface area contributed by atoms with Crippen molar-refractivity contribution < 1.29 is 13.2 Å². The van der Waals surface area contributed by atoms with Crippen molar-refractivity contribution in [3.63, 3.8) is 0 Å². The maximum absolute atomic E-state index is 12.8. The number of hydrogen-bond acceptors (Lipinski definition) is 4. The normalized spacial score (nSPS) is 11.6. The average molecular weight is 353 g/mol. The molecule has 5 nitrogen and oxygen atoms in total. The quantitative estimate of drug-likeness (QED) is 0.666. The molecule has 0 unspecified atom stereocenters. The third kappa shape index (κ3) is 3.80. The summed E-state index contributed by atoms with van der Waals surface area (Å²) in [6.45, 7) is -1.96. The molecule has 0 radical (unpaired) electrons. The first kappa shape index (κ1) is 16.6. The number of aromatic nitrogens is 3. The number of rotatable bonds is 6. The summed E-state index contributed by atoms with van der Waals surface area (Å²) in [6, 6.07) is 7.23. The Labute approximate surface area is 142 Å². The molecule has 126 valence electrons. The molecule has 2 aromatic heterocycles. The van der Waals surface area contributed by atoms with Crippen LogP contribution in [0.5, 0.6) is 0 Å². The van der Waals surface area contributed by atoms with Crippen molar-refractivity contribution in [2.75, 3.05) is 7.05 Å². The summed E-state index contributed by atoms with van der Waals surface area (Å²) >= 11 is 5.86. The molecule has 0 amide bonds. The second-order valence-corrected chi connectivity index (χ2v) is 5.76. The standard InChI is InChI=1S/C16H15ClF2N4O/c1-22(9-14-20-6-7-23(14)16(18)19)10-15-21-8-13(24-15)11-2-4-12(17)5-3-11/h2-8,16H,9-10H2,1H3.